The molecule has 3 aromatic rings. The van der Waals surface area contributed by atoms with Crippen LogP contribution in [0.15, 0.2) is 78.9 Å². The average Bonchev–Trinajstić information content (AvgIpc) is 2.77. The van der Waals surface area contributed by atoms with Crippen LogP contribution in [0.25, 0.3) is 5.57 Å². The normalized spacial score (nSPS) is 10.2. The Bertz CT molecular complexity index is 940. The molecule has 0 saturated heterocycles. The van der Waals surface area contributed by atoms with E-state index in [-0.39, 0.29) is 5.91 Å². The van der Waals surface area contributed by atoms with Gasteiger partial charge in [0.15, 0.2) is 0 Å². The first-order chi connectivity index (χ1) is 14.1. The number of carbonyl (C=O) groups excluding carboxylic acids is 1. The minimum absolute atomic E-state index is 0.144. The summed E-state index contributed by atoms with van der Waals surface area (Å²) in [4.78, 5) is 12.7. The lowest BCUT2D eigenvalue weighted by Crippen LogP contribution is -2.21. The molecule has 3 rings (SSSR count). The molecule has 0 atom stereocenters. The van der Waals surface area contributed by atoms with Crippen molar-refractivity contribution in [1.29, 1.82) is 0 Å². The van der Waals surface area contributed by atoms with Crippen molar-refractivity contribution in [3.63, 3.8) is 0 Å². The molecule has 0 radical (unpaired) electrons. The van der Waals surface area contributed by atoms with E-state index in [2.05, 4.69) is 5.32 Å². The SMILES string of the molecule is COc1ccc(C(=CC(=O)NCc2ccccc2C)c2ccc(OC)cc2)cc1. The second-order valence-corrected chi connectivity index (χ2v) is 6.66. The molecule has 0 aliphatic carbocycles. The number of hydrogen-bond donors (Lipinski definition) is 1. The van der Waals surface area contributed by atoms with E-state index in [0.29, 0.717) is 6.54 Å². The number of benzene rings is 3. The van der Waals surface area contributed by atoms with Gasteiger partial charge in [0.1, 0.15) is 11.5 Å². The van der Waals surface area contributed by atoms with Crippen molar-refractivity contribution in [1.82, 2.24) is 5.32 Å². The Balaban J connectivity index is 1.88. The Labute approximate surface area is 171 Å². The minimum atomic E-state index is -0.144. The van der Waals surface area contributed by atoms with E-state index in [0.717, 1.165) is 39.3 Å². The second-order valence-electron chi connectivity index (χ2n) is 6.66. The molecule has 0 fully saturated rings. The number of ether oxygens (including phenoxy) is 2. The summed E-state index contributed by atoms with van der Waals surface area (Å²) < 4.78 is 10.5. The van der Waals surface area contributed by atoms with Crippen molar-refractivity contribution < 1.29 is 14.3 Å². The third-order valence-corrected chi connectivity index (χ3v) is 4.79. The van der Waals surface area contributed by atoms with E-state index in [1.54, 1.807) is 20.3 Å². The van der Waals surface area contributed by atoms with E-state index >= 15 is 0 Å². The molecule has 4 nitrogen and oxygen atoms in total. The van der Waals surface area contributed by atoms with Gasteiger partial charge in [-0.2, -0.15) is 0 Å². The molecule has 0 spiro atoms. The van der Waals surface area contributed by atoms with Crippen LogP contribution in [-0.4, -0.2) is 20.1 Å². The predicted molar refractivity (Wildman–Crippen MR) is 116 cm³/mol. The number of aryl methyl sites for hydroxylation is 1. The van der Waals surface area contributed by atoms with Crippen LogP contribution in [0.3, 0.4) is 0 Å². The number of carbonyl (C=O) groups is 1. The largest absolute Gasteiger partial charge is 0.497 e. The van der Waals surface area contributed by atoms with Gasteiger partial charge in [0.2, 0.25) is 5.91 Å². The molecule has 0 bridgehead atoms. The fourth-order valence-corrected chi connectivity index (χ4v) is 3.05. The van der Waals surface area contributed by atoms with Gasteiger partial charge < -0.3 is 14.8 Å². The zero-order valence-electron chi connectivity index (χ0n) is 16.9. The smallest absolute Gasteiger partial charge is 0.244 e. The number of nitrogens with one attached hydrogen (secondary N) is 1. The minimum Gasteiger partial charge on any atom is -0.497 e. The molecule has 4 heteroatoms. The summed E-state index contributed by atoms with van der Waals surface area (Å²) in [5.41, 5.74) is 4.95. The number of methoxy groups -OCH3 is 2. The summed E-state index contributed by atoms with van der Waals surface area (Å²) in [6.45, 7) is 2.53. The van der Waals surface area contributed by atoms with E-state index in [4.69, 9.17) is 9.47 Å². The van der Waals surface area contributed by atoms with Crippen LogP contribution < -0.4 is 14.8 Å². The quantitative estimate of drug-likeness (QED) is 0.595. The van der Waals surface area contributed by atoms with Crippen molar-refractivity contribution in [2.75, 3.05) is 14.2 Å². The summed E-state index contributed by atoms with van der Waals surface area (Å²) in [5.74, 6) is 1.40. The van der Waals surface area contributed by atoms with Crippen LogP contribution >= 0.6 is 0 Å². The molecule has 3 aromatic carbocycles. The van der Waals surface area contributed by atoms with Crippen LogP contribution in [0.5, 0.6) is 11.5 Å². The van der Waals surface area contributed by atoms with Gasteiger partial charge in [-0.15, -0.1) is 0 Å². The van der Waals surface area contributed by atoms with Crippen LogP contribution in [-0.2, 0) is 11.3 Å². The topological polar surface area (TPSA) is 47.6 Å². The summed E-state index contributed by atoms with van der Waals surface area (Å²) in [6.07, 6.45) is 1.64. The molecular weight excluding hydrogens is 362 g/mol. The van der Waals surface area contributed by atoms with Crippen molar-refractivity contribution in [3.8, 4) is 11.5 Å². The lowest BCUT2D eigenvalue weighted by Gasteiger charge is -2.11. The first-order valence-corrected chi connectivity index (χ1v) is 9.43. The Morgan fingerprint density at radius 1 is 0.828 bits per heavy atom. The predicted octanol–water partition coefficient (Wildman–Crippen LogP) is 4.76. The number of rotatable bonds is 7. The maximum atomic E-state index is 12.7. The van der Waals surface area contributed by atoms with Gasteiger partial charge in [-0.25, -0.2) is 0 Å². The van der Waals surface area contributed by atoms with Gasteiger partial charge >= 0.3 is 0 Å². The first kappa shape index (κ1) is 20.2. The Morgan fingerprint density at radius 3 is 1.83 bits per heavy atom. The standard InChI is InChI=1S/C25H25NO3/c1-18-6-4-5-7-21(18)17-26-25(27)16-24(19-8-12-22(28-2)13-9-19)20-10-14-23(29-3)15-11-20/h4-16H,17H2,1-3H3,(H,26,27). The third-order valence-electron chi connectivity index (χ3n) is 4.79. The summed E-state index contributed by atoms with van der Waals surface area (Å²) >= 11 is 0. The molecule has 148 valence electrons. The molecule has 0 heterocycles. The molecule has 0 aromatic heterocycles. The van der Waals surface area contributed by atoms with E-state index in [1.165, 1.54) is 0 Å². The average molecular weight is 387 g/mol. The van der Waals surface area contributed by atoms with Gasteiger partial charge in [-0.3, -0.25) is 4.79 Å². The van der Waals surface area contributed by atoms with Crippen molar-refractivity contribution >= 4 is 11.5 Å². The third kappa shape index (κ3) is 5.26. The zero-order chi connectivity index (χ0) is 20.6. The van der Waals surface area contributed by atoms with E-state index < -0.39 is 0 Å². The van der Waals surface area contributed by atoms with Crippen molar-refractivity contribution in [2.45, 2.75) is 13.5 Å². The summed E-state index contributed by atoms with van der Waals surface area (Å²) in [5, 5.41) is 2.99. The van der Waals surface area contributed by atoms with E-state index in [9.17, 15) is 4.79 Å². The molecule has 29 heavy (non-hydrogen) atoms. The second kappa shape index (κ2) is 9.60. The van der Waals surface area contributed by atoms with Gasteiger partial charge in [-0.05, 0) is 59.0 Å². The number of amides is 1. The molecule has 0 aliphatic rings. The Hall–Kier alpha value is -3.53. The number of hydrogen-bond acceptors (Lipinski definition) is 3. The van der Waals surface area contributed by atoms with Gasteiger partial charge in [0.05, 0.1) is 14.2 Å². The highest BCUT2D eigenvalue weighted by atomic mass is 16.5. The highest BCUT2D eigenvalue weighted by Crippen LogP contribution is 2.27. The van der Waals surface area contributed by atoms with Crippen LogP contribution in [0.4, 0.5) is 0 Å². The Kier molecular flexibility index (Phi) is 6.69. The molecule has 0 aliphatic heterocycles. The summed E-state index contributed by atoms with van der Waals surface area (Å²) in [6, 6.07) is 23.4. The lowest BCUT2D eigenvalue weighted by atomic mass is 9.97. The highest BCUT2D eigenvalue weighted by Gasteiger charge is 2.09. The van der Waals surface area contributed by atoms with Crippen LogP contribution in [0.1, 0.15) is 22.3 Å². The molecule has 0 unspecified atom stereocenters. The van der Waals surface area contributed by atoms with Gasteiger partial charge in [0.25, 0.3) is 0 Å². The van der Waals surface area contributed by atoms with E-state index in [1.807, 2.05) is 79.7 Å². The zero-order valence-corrected chi connectivity index (χ0v) is 16.9. The molecule has 0 saturated carbocycles. The monoisotopic (exact) mass is 387 g/mol. The lowest BCUT2D eigenvalue weighted by molar-refractivity contribution is -0.116. The van der Waals surface area contributed by atoms with Crippen molar-refractivity contribution in [2.24, 2.45) is 0 Å². The maximum absolute atomic E-state index is 12.7. The fraction of sp³-hybridized carbons (Fsp3) is 0.160. The molecule has 1 N–H and O–H groups in total. The fourth-order valence-electron chi connectivity index (χ4n) is 3.05. The van der Waals surface area contributed by atoms with Crippen LogP contribution in [0.2, 0.25) is 0 Å². The maximum Gasteiger partial charge on any atom is 0.244 e. The first-order valence-electron chi connectivity index (χ1n) is 9.43. The van der Waals surface area contributed by atoms with Gasteiger partial charge in [-0.1, -0.05) is 48.5 Å². The highest BCUT2D eigenvalue weighted by molar-refractivity contribution is 5.99. The van der Waals surface area contributed by atoms with Crippen LogP contribution in [0, 0.1) is 6.92 Å². The van der Waals surface area contributed by atoms with Crippen molar-refractivity contribution in [3.05, 3.63) is 101 Å². The summed E-state index contributed by atoms with van der Waals surface area (Å²) in [7, 11) is 3.27. The van der Waals surface area contributed by atoms with Gasteiger partial charge in [0, 0.05) is 12.6 Å². The molecular formula is C25H25NO3. The Morgan fingerprint density at radius 2 is 1.34 bits per heavy atom. The molecule has 1 amide bonds.